The van der Waals surface area contributed by atoms with Crippen molar-refractivity contribution in [2.24, 2.45) is 0 Å². The molecule has 0 atom stereocenters. The topological polar surface area (TPSA) is 115 Å². The lowest BCUT2D eigenvalue weighted by atomic mass is 10.1. The van der Waals surface area contributed by atoms with Crippen LogP contribution in [0.2, 0.25) is 5.02 Å². The van der Waals surface area contributed by atoms with Crippen molar-refractivity contribution in [2.45, 2.75) is 13.5 Å². The Morgan fingerprint density at radius 2 is 2.03 bits per heavy atom. The van der Waals surface area contributed by atoms with Crippen molar-refractivity contribution in [3.05, 3.63) is 56.5 Å². The Bertz CT molecular complexity index is 1090. The fourth-order valence-corrected chi connectivity index (χ4v) is 3.55. The number of rotatable bonds is 5. The summed E-state index contributed by atoms with van der Waals surface area (Å²) >= 11 is 9.31. The maximum absolute atomic E-state index is 12.7. The predicted molar refractivity (Wildman–Crippen MR) is 108 cm³/mol. The number of hydrogen-bond acceptors (Lipinski definition) is 7. The van der Waals surface area contributed by atoms with Crippen LogP contribution in [-0.4, -0.2) is 35.9 Å². The summed E-state index contributed by atoms with van der Waals surface area (Å²) in [5, 5.41) is 2.77. The van der Waals surface area contributed by atoms with Crippen molar-refractivity contribution >= 4 is 57.5 Å². The van der Waals surface area contributed by atoms with Gasteiger partial charge in [-0.15, -0.1) is 0 Å². The number of ether oxygens (including phenoxy) is 2. The minimum absolute atomic E-state index is 0.0508. The van der Waals surface area contributed by atoms with E-state index in [0.29, 0.717) is 15.1 Å². The van der Waals surface area contributed by atoms with Gasteiger partial charge in [0.25, 0.3) is 5.91 Å². The molecule has 1 aromatic heterocycles. The molecule has 2 aromatic rings. The minimum Gasteiger partial charge on any atom is -0.463 e. The Balaban J connectivity index is 1.87. The van der Waals surface area contributed by atoms with Gasteiger partial charge in [0, 0.05) is 17.5 Å². The molecule has 0 saturated carbocycles. The van der Waals surface area contributed by atoms with Gasteiger partial charge in [-0.2, -0.15) is 0 Å². The van der Waals surface area contributed by atoms with E-state index >= 15 is 0 Å². The number of carbonyl (C=O) groups is 4. The van der Waals surface area contributed by atoms with Gasteiger partial charge in [0.15, 0.2) is 5.75 Å². The average Bonchev–Trinajstić information content (AvgIpc) is 3.24. The summed E-state index contributed by atoms with van der Waals surface area (Å²) in [6, 6.07) is 5.16. The van der Waals surface area contributed by atoms with Crippen LogP contribution in [-0.2, 0) is 20.9 Å². The minimum atomic E-state index is -0.683. The number of furan rings is 1. The van der Waals surface area contributed by atoms with E-state index in [4.69, 9.17) is 20.8 Å². The highest BCUT2D eigenvalue weighted by Gasteiger charge is 2.34. The first-order valence-corrected chi connectivity index (χ1v) is 9.55. The van der Waals surface area contributed by atoms with Crippen molar-refractivity contribution < 1.29 is 33.1 Å². The predicted octanol–water partition coefficient (Wildman–Crippen LogP) is 3.50. The number of methoxy groups -OCH3 is 1. The van der Waals surface area contributed by atoms with Gasteiger partial charge in [-0.1, -0.05) is 11.6 Å². The molecule has 11 heteroatoms. The van der Waals surface area contributed by atoms with Gasteiger partial charge in [-0.3, -0.25) is 14.5 Å². The molecule has 30 heavy (non-hydrogen) atoms. The number of urea groups is 1. The Labute approximate surface area is 183 Å². The molecular weight excluding hydrogens is 484 g/mol. The fraction of sp³-hybridized carbons (Fsp3) is 0.158. The van der Waals surface area contributed by atoms with E-state index < -0.39 is 23.9 Å². The molecule has 1 fully saturated rings. The molecule has 1 aliphatic rings. The SMILES string of the molecule is COC(=O)c1ccc(CN2C(=O)NC(=Cc3cc(Cl)cc(Br)c3OC(C)=O)C2=O)o1. The number of amides is 3. The average molecular weight is 498 g/mol. The van der Waals surface area contributed by atoms with Crippen LogP contribution < -0.4 is 10.1 Å². The molecule has 0 bridgehead atoms. The summed E-state index contributed by atoms with van der Waals surface area (Å²) < 4.78 is 15.4. The molecule has 0 aliphatic carbocycles. The van der Waals surface area contributed by atoms with Crippen molar-refractivity contribution in [3.8, 4) is 5.75 Å². The normalized spacial score (nSPS) is 14.8. The number of hydrogen-bond donors (Lipinski definition) is 1. The van der Waals surface area contributed by atoms with Gasteiger partial charge in [0.1, 0.15) is 11.5 Å². The van der Waals surface area contributed by atoms with Crippen LogP contribution in [0.25, 0.3) is 6.08 Å². The number of carbonyl (C=O) groups excluding carboxylic acids is 4. The molecular formula is C19H14BrClN2O7. The quantitative estimate of drug-likeness (QED) is 0.291. The monoisotopic (exact) mass is 496 g/mol. The summed E-state index contributed by atoms with van der Waals surface area (Å²) in [4.78, 5) is 48.8. The summed E-state index contributed by atoms with van der Waals surface area (Å²) in [6.45, 7) is 1.03. The Kier molecular flexibility index (Phi) is 6.28. The van der Waals surface area contributed by atoms with Gasteiger partial charge in [-0.05, 0) is 46.3 Å². The molecule has 1 N–H and O–H groups in total. The lowest BCUT2D eigenvalue weighted by molar-refractivity contribution is -0.132. The zero-order valence-corrected chi connectivity index (χ0v) is 18.0. The maximum atomic E-state index is 12.7. The van der Waals surface area contributed by atoms with E-state index in [2.05, 4.69) is 26.0 Å². The van der Waals surface area contributed by atoms with Crippen LogP contribution >= 0.6 is 27.5 Å². The summed E-state index contributed by atoms with van der Waals surface area (Å²) in [5.74, 6) is -1.57. The number of esters is 2. The molecule has 0 unspecified atom stereocenters. The van der Waals surface area contributed by atoms with E-state index in [1.54, 1.807) is 0 Å². The molecule has 1 aliphatic heterocycles. The third-order valence-electron chi connectivity index (χ3n) is 3.91. The van der Waals surface area contributed by atoms with Crippen molar-refractivity contribution in [2.75, 3.05) is 7.11 Å². The number of imide groups is 1. The lowest BCUT2D eigenvalue weighted by Gasteiger charge is -2.10. The van der Waals surface area contributed by atoms with Crippen molar-refractivity contribution in [1.29, 1.82) is 0 Å². The summed E-state index contributed by atoms with van der Waals surface area (Å²) in [5.41, 5.74) is 0.253. The van der Waals surface area contributed by atoms with Crippen molar-refractivity contribution in [3.63, 3.8) is 0 Å². The molecule has 0 radical (unpaired) electrons. The molecule has 3 amide bonds. The second-order valence-corrected chi connectivity index (χ2v) is 7.33. The third-order valence-corrected chi connectivity index (χ3v) is 4.71. The van der Waals surface area contributed by atoms with Crippen LogP contribution in [0.15, 0.2) is 38.9 Å². The van der Waals surface area contributed by atoms with E-state index in [1.165, 1.54) is 44.4 Å². The van der Waals surface area contributed by atoms with Crippen LogP contribution in [0, 0.1) is 0 Å². The second-order valence-electron chi connectivity index (χ2n) is 6.04. The van der Waals surface area contributed by atoms with Crippen LogP contribution in [0.5, 0.6) is 5.75 Å². The Morgan fingerprint density at radius 1 is 1.30 bits per heavy atom. The van der Waals surface area contributed by atoms with E-state index in [1.807, 2.05) is 0 Å². The van der Waals surface area contributed by atoms with Gasteiger partial charge in [0.05, 0.1) is 18.1 Å². The van der Waals surface area contributed by atoms with Crippen LogP contribution in [0.1, 0.15) is 28.8 Å². The first-order valence-electron chi connectivity index (χ1n) is 8.38. The highest BCUT2D eigenvalue weighted by atomic mass is 79.9. The lowest BCUT2D eigenvalue weighted by Crippen LogP contribution is -2.30. The molecule has 156 valence electrons. The smallest absolute Gasteiger partial charge is 0.373 e. The molecule has 2 heterocycles. The molecule has 1 aromatic carbocycles. The van der Waals surface area contributed by atoms with E-state index in [0.717, 1.165) is 4.90 Å². The summed E-state index contributed by atoms with van der Waals surface area (Å²) in [7, 11) is 1.21. The fourth-order valence-electron chi connectivity index (χ4n) is 2.64. The van der Waals surface area contributed by atoms with Crippen molar-refractivity contribution in [1.82, 2.24) is 10.2 Å². The first kappa shape index (κ1) is 21.6. The van der Waals surface area contributed by atoms with E-state index in [-0.39, 0.29) is 29.5 Å². The number of halogens is 2. The highest BCUT2D eigenvalue weighted by Crippen LogP contribution is 2.34. The number of nitrogens with zero attached hydrogens (tertiary/aromatic N) is 1. The largest absolute Gasteiger partial charge is 0.463 e. The van der Waals surface area contributed by atoms with Gasteiger partial charge in [0.2, 0.25) is 5.76 Å². The standard InChI is InChI=1S/C19H14BrClN2O7/c1-9(24)29-16-10(5-11(21)7-13(16)20)6-14-17(25)23(19(27)22-14)8-12-3-4-15(30-12)18(26)28-2/h3-7H,8H2,1-2H3,(H,22,27). The molecule has 1 saturated heterocycles. The zero-order valence-electron chi connectivity index (χ0n) is 15.7. The molecule has 9 nitrogen and oxygen atoms in total. The van der Waals surface area contributed by atoms with Crippen LogP contribution in [0.3, 0.4) is 0 Å². The Morgan fingerprint density at radius 3 is 2.70 bits per heavy atom. The van der Waals surface area contributed by atoms with Gasteiger partial charge in [-0.25, -0.2) is 9.59 Å². The van der Waals surface area contributed by atoms with E-state index in [9.17, 15) is 19.2 Å². The third kappa shape index (κ3) is 4.55. The molecule has 0 spiro atoms. The number of nitrogens with one attached hydrogen (secondary N) is 1. The second kappa shape index (κ2) is 8.72. The maximum Gasteiger partial charge on any atom is 0.373 e. The first-order chi connectivity index (χ1) is 14.2. The zero-order chi connectivity index (χ0) is 22.0. The Hall–Kier alpha value is -3.11. The highest BCUT2D eigenvalue weighted by molar-refractivity contribution is 9.10. The molecule has 3 rings (SSSR count). The van der Waals surface area contributed by atoms with Gasteiger partial charge >= 0.3 is 18.0 Å². The van der Waals surface area contributed by atoms with Crippen LogP contribution in [0.4, 0.5) is 4.79 Å². The number of benzene rings is 1. The van der Waals surface area contributed by atoms with Gasteiger partial charge < -0.3 is 19.2 Å². The summed E-state index contributed by atoms with van der Waals surface area (Å²) in [6.07, 6.45) is 1.34.